The zero-order valence-electron chi connectivity index (χ0n) is 22.9. The first-order valence-corrected chi connectivity index (χ1v) is 13.4. The number of aliphatic carboxylic acids is 1. The highest BCUT2D eigenvalue weighted by Gasteiger charge is 2.21. The maximum Gasteiger partial charge on any atom is 0.326 e. The third-order valence-corrected chi connectivity index (χ3v) is 6.78. The van der Waals surface area contributed by atoms with Gasteiger partial charge in [-0.1, -0.05) is 66.2 Å². The smallest absolute Gasteiger partial charge is 0.326 e. The van der Waals surface area contributed by atoms with E-state index in [9.17, 15) is 14.7 Å². The summed E-state index contributed by atoms with van der Waals surface area (Å²) in [5.74, 6) is -0.501. The number of likely N-dealkylation sites (N-methyl/N-ethyl adjacent to an activating group) is 1. The van der Waals surface area contributed by atoms with Gasteiger partial charge in [-0.2, -0.15) is 4.98 Å². The van der Waals surface area contributed by atoms with Crippen LogP contribution >= 0.6 is 0 Å². The lowest BCUT2D eigenvalue weighted by molar-refractivity contribution is -0.137. The van der Waals surface area contributed by atoms with Crippen molar-refractivity contribution in [2.45, 2.75) is 19.4 Å². The molecule has 41 heavy (non-hydrogen) atoms. The van der Waals surface area contributed by atoms with Crippen molar-refractivity contribution in [3.05, 3.63) is 119 Å². The van der Waals surface area contributed by atoms with Crippen LogP contribution in [0.3, 0.4) is 0 Å². The van der Waals surface area contributed by atoms with Crippen LogP contribution in [0.4, 0.5) is 11.7 Å². The number of carboxylic acid groups (broad SMARTS) is 1. The molecule has 2 N–H and O–H groups in total. The van der Waals surface area contributed by atoms with Crippen LogP contribution < -0.4 is 15.0 Å². The Morgan fingerprint density at radius 1 is 0.951 bits per heavy atom. The molecule has 8 nitrogen and oxygen atoms in total. The SMILES string of the molecule is Cc1ccc(C(=O)c2ccccc2NC(Cc2ccc(OCCN(C)c3nc4ccccc4o3)cc2)C(=O)O)cc1. The summed E-state index contributed by atoms with van der Waals surface area (Å²) in [5, 5.41) is 13.0. The highest BCUT2D eigenvalue weighted by Crippen LogP contribution is 2.23. The van der Waals surface area contributed by atoms with E-state index in [0.29, 0.717) is 41.7 Å². The number of rotatable bonds is 12. The van der Waals surface area contributed by atoms with E-state index < -0.39 is 12.0 Å². The van der Waals surface area contributed by atoms with Crippen molar-refractivity contribution in [2.24, 2.45) is 0 Å². The molecule has 0 radical (unpaired) electrons. The minimum absolute atomic E-state index is 0.166. The summed E-state index contributed by atoms with van der Waals surface area (Å²) in [7, 11) is 1.89. The number of anilines is 2. The number of carbonyl (C=O) groups excluding carboxylic acids is 1. The Morgan fingerprint density at radius 3 is 2.39 bits per heavy atom. The Bertz CT molecular complexity index is 1610. The van der Waals surface area contributed by atoms with Crippen molar-refractivity contribution in [3.63, 3.8) is 0 Å². The van der Waals surface area contributed by atoms with Gasteiger partial charge in [-0.15, -0.1) is 0 Å². The van der Waals surface area contributed by atoms with Crippen molar-refractivity contribution < 1.29 is 23.8 Å². The second-order valence-corrected chi connectivity index (χ2v) is 9.86. The largest absolute Gasteiger partial charge is 0.492 e. The fourth-order valence-corrected chi connectivity index (χ4v) is 4.43. The Kier molecular flexibility index (Phi) is 8.29. The fraction of sp³-hybridized carbons (Fsp3) is 0.182. The number of oxazole rings is 1. The average molecular weight is 550 g/mol. The molecule has 0 fully saturated rings. The van der Waals surface area contributed by atoms with Crippen molar-refractivity contribution in [3.8, 4) is 5.75 Å². The lowest BCUT2D eigenvalue weighted by atomic mass is 9.99. The number of hydrogen-bond acceptors (Lipinski definition) is 7. The summed E-state index contributed by atoms with van der Waals surface area (Å²) in [6.07, 6.45) is 0.225. The Balaban J connectivity index is 1.19. The number of aromatic nitrogens is 1. The molecule has 208 valence electrons. The van der Waals surface area contributed by atoms with Gasteiger partial charge in [-0.05, 0) is 48.9 Å². The van der Waals surface area contributed by atoms with Crippen LogP contribution in [0, 0.1) is 6.92 Å². The molecule has 0 spiro atoms. The van der Waals surface area contributed by atoms with Gasteiger partial charge in [0.25, 0.3) is 6.01 Å². The number of ether oxygens (including phenoxy) is 1. The molecule has 1 atom stereocenters. The maximum absolute atomic E-state index is 13.2. The quantitative estimate of drug-likeness (QED) is 0.183. The van der Waals surface area contributed by atoms with E-state index >= 15 is 0 Å². The molecule has 1 heterocycles. The molecule has 8 heteroatoms. The molecular formula is C33H31N3O5. The maximum atomic E-state index is 13.2. The summed E-state index contributed by atoms with van der Waals surface area (Å²) in [6.45, 7) is 2.94. The number of nitrogens with one attached hydrogen (secondary N) is 1. The second kappa shape index (κ2) is 12.4. The van der Waals surface area contributed by atoms with Crippen LogP contribution in [-0.4, -0.2) is 48.1 Å². The standard InChI is InChI=1S/C33H31N3O5/c1-22-11-15-24(16-12-22)31(37)26-7-3-4-8-27(26)34-29(32(38)39)21-23-13-17-25(18-14-23)40-20-19-36(2)33-35-28-9-5-6-10-30(28)41-33/h3-18,29,34H,19-21H2,1-2H3,(H,38,39). The first kappa shape index (κ1) is 27.5. The molecule has 0 amide bonds. The molecule has 0 saturated heterocycles. The second-order valence-electron chi connectivity index (χ2n) is 9.86. The minimum Gasteiger partial charge on any atom is -0.492 e. The first-order valence-electron chi connectivity index (χ1n) is 13.4. The van der Waals surface area contributed by atoms with Crippen LogP contribution in [0.1, 0.15) is 27.0 Å². The molecule has 1 aromatic heterocycles. The minimum atomic E-state index is -1.01. The van der Waals surface area contributed by atoms with E-state index in [4.69, 9.17) is 9.15 Å². The van der Waals surface area contributed by atoms with Gasteiger partial charge in [0.15, 0.2) is 11.4 Å². The highest BCUT2D eigenvalue weighted by atomic mass is 16.5. The number of hydrogen-bond donors (Lipinski definition) is 2. The van der Waals surface area contributed by atoms with E-state index in [0.717, 1.165) is 22.2 Å². The summed E-state index contributed by atoms with van der Waals surface area (Å²) in [5.41, 5.74) is 4.88. The molecule has 4 aromatic carbocycles. The van der Waals surface area contributed by atoms with E-state index in [1.165, 1.54) is 0 Å². The number of aryl methyl sites for hydroxylation is 1. The number of carbonyl (C=O) groups is 2. The summed E-state index contributed by atoms with van der Waals surface area (Å²) >= 11 is 0. The number of nitrogens with zero attached hydrogens (tertiary/aromatic N) is 2. The zero-order chi connectivity index (χ0) is 28.8. The van der Waals surface area contributed by atoms with Crippen molar-refractivity contribution in [1.82, 2.24) is 4.98 Å². The van der Waals surface area contributed by atoms with Gasteiger partial charge >= 0.3 is 5.97 Å². The van der Waals surface area contributed by atoms with Gasteiger partial charge in [-0.25, -0.2) is 4.79 Å². The van der Waals surface area contributed by atoms with Crippen LogP contribution in [0.2, 0.25) is 0 Å². The van der Waals surface area contributed by atoms with E-state index in [1.54, 1.807) is 36.4 Å². The Labute approximate surface area is 238 Å². The van der Waals surface area contributed by atoms with E-state index in [-0.39, 0.29) is 12.2 Å². The van der Waals surface area contributed by atoms with Crippen LogP contribution in [0.15, 0.2) is 101 Å². The van der Waals surface area contributed by atoms with Crippen LogP contribution in [0.5, 0.6) is 5.75 Å². The third-order valence-electron chi connectivity index (χ3n) is 6.78. The molecule has 0 aliphatic heterocycles. The van der Waals surface area contributed by atoms with Gasteiger partial charge < -0.3 is 24.5 Å². The van der Waals surface area contributed by atoms with Gasteiger partial charge in [0, 0.05) is 30.3 Å². The lowest BCUT2D eigenvalue weighted by Crippen LogP contribution is -2.32. The summed E-state index contributed by atoms with van der Waals surface area (Å²) in [4.78, 5) is 31.7. The van der Waals surface area contributed by atoms with Crippen molar-refractivity contribution in [2.75, 3.05) is 30.4 Å². The molecule has 0 aliphatic carbocycles. The van der Waals surface area contributed by atoms with Crippen molar-refractivity contribution in [1.29, 1.82) is 0 Å². The third kappa shape index (κ3) is 6.73. The molecule has 1 unspecified atom stereocenters. The number of fused-ring (bicyclic) bond motifs is 1. The molecule has 5 aromatic rings. The highest BCUT2D eigenvalue weighted by molar-refractivity contribution is 6.12. The van der Waals surface area contributed by atoms with Crippen molar-refractivity contribution >= 4 is 34.6 Å². The lowest BCUT2D eigenvalue weighted by Gasteiger charge is -2.19. The summed E-state index contributed by atoms with van der Waals surface area (Å²) in [6, 6.07) is 28.9. The molecular weight excluding hydrogens is 518 g/mol. The van der Waals surface area contributed by atoms with Crippen LogP contribution in [-0.2, 0) is 11.2 Å². The summed E-state index contributed by atoms with van der Waals surface area (Å²) < 4.78 is 11.7. The topological polar surface area (TPSA) is 105 Å². The molecule has 0 bridgehead atoms. The van der Waals surface area contributed by atoms with Crippen LogP contribution in [0.25, 0.3) is 11.1 Å². The van der Waals surface area contributed by atoms with Gasteiger partial charge in [0.05, 0.1) is 6.54 Å². The molecule has 0 saturated carbocycles. The predicted molar refractivity (Wildman–Crippen MR) is 159 cm³/mol. The van der Waals surface area contributed by atoms with Gasteiger partial charge in [-0.3, -0.25) is 4.79 Å². The van der Waals surface area contributed by atoms with E-state index in [1.807, 2.05) is 79.5 Å². The monoisotopic (exact) mass is 549 g/mol. The fourth-order valence-electron chi connectivity index (χ4n) is 4.43. The molecule has 5 rings (SSSR count). The first-order chi connectivity index (χ1) is 19.9. The number of benzene rings is 4. The average Bonchev–Trinajstić information content (AvgIpc) is 3.43. The Hall–Kier alpha value is -5.11. The number of para-hydroxylation sites is 3. The predicted octanol–water partition coefficient (Wildman–Crippen LogP) is 5.99. The van der Waals surface area contributed by atoms with E-state index in [2.05, 4.69) is 10.3 Å². The number of carboxylic acids is 1. The van der Waals surface area contributed by atoms with Gasteiger partial charge in [0.1, 0.15) is 23.9 Å². The zero-order valence-corrected chi connectivity index (χ0v) is 22.9. The van der Waals surface area contributed by atoms with Gasteiger partial charge in [0.2, 0.25) is 0 Å². The Morgan fingerprint density at radius 2 is 1.66 bits per heavy atom. The molecule has 0 aliphatic rings. The normalized spacial score (nSPS) is 11.7. The number of ketones is 1.